The van der Waals surface area contributed by atoms with Crippen LogP contribution in [0.15, 0.2) is 0 Å². The molecule has 0 aromatic heterocycles. The molecule has 0 aromatic rings. The molecule has 0 saturated carbocycles. The van der Waals surface area contributed by atoms with Crippen molar-refractivity contribution in [3.05, 3.63) is 5.32 Å². The first kappa shape index (κ1) is 18.1. The van der Waals surface area contributed by atoms with E-state index in [0.717, 1.165) is 0 Å². The van der Waals surface area contributed by atoms with Crippen molar-refractivity contribution in [2.75, 3.05) is 0 Å². The summed E-state index contributed by atoms with van der Waals surface area (Å²) >= 11 is -0.931. The third-order valence-corrected chi connectivity index (χ3v) is 2.18. The molecule has 0 atom stereocenters. The van der Waals surface area contributed by atoms with Gasteiger partial charge in [-0.25, -0.2) is 0 Å². The van der Waals surface area contributed by atoms with Crippen LogP contribution in [0.4, 0.5) is 0 Å². The summed E-state index contributed by atoms with van der Waals surface area (Å²) < 4.78 is 0. The Hall–Kier alpha value is 1.76. The van der Waals surface area contributed by atoms with Crippen LogP contribution in [0.2, 0.25) is 0 Å². The molecular weight excluding hydrogens is 265 g/mol. The number of piperidine rings is 1. The van der Waals surface area contributed by atoms with Gasteiger partial charge in [0.1, 0.15) is 0 Å². The summed E-state index contributed by atoms with van der Waals surface area (Å²) in [4.78, 5) is 0. The fourth-order valence-corrected chi connectivity index (χ4v) is 1.88. The fourth-order valence-electron chi connectivity index (χ4n) is 1.88. The smallest absolute Gasteiger partial charge is 1.00 e. The number of hydrogen-bond acceptors (Lipinski definition) is 0. The molecule has 14 heavy (non-hydrogen) atoms. The maximum atomic E-state index is 4.95. The van der Waals surface area contributed by atoms with E-state index in [2.05, 4.69) is 27.7 Å². The first-order valence-corrected chi connectivity index (χ1v) is 12.5. The van der Waals surface area contributed by atoms with Gasteiger partial charge in [0.2, 0.25) is 0 Å². The molecule has 0 unspecified atom stereocenters. The molecule has 1 heterocycles. The molecule has 0 N–H and O–H groups in total. The molecule has 1 saturated heterocycles. The summed E-state index contributed by atoms with van der Waals surface area (Å²) in [6.45, 7) is 8.92. The second-order valence-electron chi connectivity index (χ2n) is 4.69. The molecule has 0 aliphatic carbocycles. The third-order valence-electron chi connectivity index (χ3n) is 2.18. The van der Waals surface area contributed by atoms with Crippen LogP contribution in [0.25, 0.3) is 5.32 Å². The molecule has 0 aromatic carbocycles. The Balaban J connectivity index is -0.000000260. The van der Waals surface area contributed by atoms with Crippen LogP contribution in [0.3, 0.4) is 0 Å². The largest absolute Gasteiger partial charge is 1.00 e. The van der Waals surface area contributed by atoms with Crippen molar-refractivity contribution in [1.82, 2.24) is 0 Å². The van der Waals surface area contributed by atoms with E-state index in [-0.39, 0.29) is 31.4 Å². The van der Waals surface area contributed by atoms with E-state index in [1.807, 2.05) is 0 Å². The zero-order chi connectivity index (χ0) is 10.5. The predicted molar refractivity (Wildman–Crippen MR) is 58.2 cm³/mol. The average molecular weight is 284 g/mol. The Bertz CT molecular complexity index is 145. The van der Waals surface area contributed by atoms with Crippen molar-refractivity contribution in [2.24, 2.45) is 0 Å². The van der Waals surface area contributed by atoms with E-state index in [0.29, 0.717) is 0 Å². The zero-order valence-corrected chi connectivity index (χ0v) is 14.5. The predicted octanol–water partition coefficient (Wildman–Crippen LogP) is 1.59. The van der Waals surface area contributed by atoms with Gasteiger partial charge in [-0.05, 0) is 0 Å². The van der Waals surface area contributed by atoms with Gasteiger partial charge in [0.05, 0.1) is 0 Å². The van der Waals surface area contributed by atoms with Gasteiger partial charge >= 0.3 is 53.4 Å². The minimum absolute atomic E-state index is 0. The van der Waals surface area contributed by atoms with Crippen LogP contribution in [0, 0.1) is 0 Å². The van der Waals surface area contributed by atoms with E-state index in [9.17, 15) is 0 Å². The molecule has 1 fully saturated rings. The topological polar surface area (TPSA) is 14.1 Å². The van der Waals surface area contributed by atoms with Gasteiger partial charge in [0.25, 0.3) is 0 Å². The molecule has 0 amide bonds. The molecule has 1 aliphatic heterocycles. The third kappa shape index (κ3) is 9.02. The zero-order valence-electron chi connectivity index (χ0n) is 11.0. The Morgan fingerprint density at radius 1 is 1.07 bits per heavy atom. The Kier molecular flexibility index (Phi) is 10.3. The molecule has 78 valence electrons. The second-order valence-corrected chi connectivity index (χ2v) is 9.31. The van der Waals surface area contributed by atoms with Gasteiger partial charge in [-0.1, -0.05) is 47.0 Å². The van der Waals surface area contributed by atoms with Crippen molar-refractivity contribution in [3.8, 4) is 0 Å². The van der Waals surface area contributed by atoms with E-state index in [4.69, 9.17) is 24.7 Å². The molecule has 0 spiro atoms. The Morgan fingerprint density at radius 2 is 1.36 bits per heavy atom. The van der Waals surface area contributed by atoms with Gasteiger partial charge in [0.15, 0.2) is 0 Å². The van der Waals surface area contributed by atoms with Crippen LogP contribution in [-0.2, 0) is 15.1 Å². The first-order valence-electron chi connectivity index (χ1n) is 4.69. The van der Waals surface area contributed by atoms with E-state index < -0.39 is 15.1 Å². The van der Waals surface area contributed by atoms with Gasteiger partial charge in [-0.3, -0.25) is 0 Å². The quantitative estimate of drug-likeness (QED) is 0.600. The van der Waals surface area contributed by atoms with Crippen LogP contribution >= 0.6 is 19.4 Å². The molecular formula is C9H19Cl2LiNZn-. The average Bonchev–Trinajstić information content (AvgIpc) is 1.82. The van der Waals surface area contributed by atoms with Gasteiger partial charge < -0.3 is 6.74 Å². The summed E-state index contributed by atoms with van der Waals surface area (Å²) in [6, 6.07) is 0. The van der Waals surface area contributed by atoms with Gasteiger partial charge in [-0.15, -0.1) is 11.1 Å². The van der Waals surface area contributed by atoms with Crippen molar-refractivity contribution < 1.29 is 35.4 Å². The molecule has 0 bridgehead atoms. The van der Waals surface area contributed by atoms with Crippen LogP contribution in [-0.4, -0.2) is 11.1 Å². The maximum Gasteiger partial charge on any atom is 1.00 e. The monoisotopic (exact) mass is 282 g/mol. The van der Waals surface area contributed by atoms with E-state index in [1.165, 1.54) is 19.3 Å². The van der Waals surface area contributed by atoms with Crippen molar-refractivity contribution in [3.63, 3.8) is 0 Å². The number of halogens is 2. The van der Waals surface area contributed by atoms with Crippen molar-refractivity contribution in [2.45, 2.75) is 58.0 Å². The van der Waals surface area contributed by atoms with Crippen LogP contribution < -0.4 is 18.9 Å². The summed E-state index contributed by atoms with van der Waals surface area (Å²) in [6.07, 6.45) is 3.86. The molecule has 1 aliphatic rings. The normalized spacial score (nSPS) is 22.1. The minimum Gasteiger partial charge on any atom is -1.00 e. The molecule has 0 radical (unpaired) electrons. The summed E-state index contributed by atoms with van der Waals surface area (Å²) in [5.74, 6) is 0. The second kappa shape index (κ2) is 7.94. The number of hydrogen-bond donors (Lipinski definition) is 0. The van der Waals surface area contributed by atoms with E-state index >= 15 is 0 Å². The van der Waals surface area contributed by atoms with E-state index in [1.54, 1.807) is 0 Å². The molecule has 1 nitrogen and oxygen atoms in total. The maximum absolute atomic E-state index is 4.95. The van der Waals surface area contributed by atoms with Crippen LogP contribution in [0.5, 0.6) is 0 Å². The summed E-state index contributed by atoms with van der Waals surface area (Å²) in [7, 11) is 9.90. The van der Waals surface area contributed by atoms with Gasteiger partial charge in [-0.2, -0.15) is 0 Å². The summed E-state index contributed by atoms with van der Waals surface area (Å²) in [5, 5.41) is 4.75. The molecule has 1 rings (SSSR count). The Morgan fingerprint density at radius 3 is 1.50 bits per heavy atom. The molecule has 5 heteroatoms. The summed E-state index contributed by atoms with van der Waals surface area (Å²) in [5.41, 5.74) is 0.476. The Labute approximate surface area is 117 Å². The first-order chi connectivity index (χ1) is 5.83. The van der Waals surface area contributed by atoms with Crippen molar-refractivity contribution in [1.29, 1.82) is 0 Å². The van der Waals surface area contributed by atoms with Crippen LogP contribution in [0.1, 0.15) is 48.4 Å². The van der Waals surface area contributed by atoms with Crippen molar-refractivity contribution >= 4 is 19.4 Å². The number of rotatable bonds is 0. The number of nitrogens with zero attached hydrogens (tertiary/aromatic N) is 1. The van der Waals surface area contributed by atoms with Gasteiger partial charge in [0, 0.05) is 0 Å². The fraction of sp³-hybridized carbons (Fsp3) is 1.00. The standard InChI is InChI=1S/C9H18N.2ClH.Li.Zn.H/c1-8(2)6-5-7-9(3,4)10-8;;;;;/h5-7H2,1-4H3;2*1H;;;/q-1;;;+1;+2;-1/p-2. The minimum atomic E-state index is -0.931. The SMILES string of the molecule is CC1(C)CCCC(C)(C)[N-]1.[Cl][Zn][Cl].[H-].[Li+].